The second-order valence-corrected chi connectivity index (χ2v) is 9.35. The largest absolute Gasteiger partial charge is 0.490 e. The lowest BCUT2D eigenvalue weighted by molar-refractivity contribution is -0.117. The summed E-state index contributed by atoms with van der Waals surface area (Å²) in [5.41, 5.74) is 2.79. The third kappa shape index (κ3) is 8.30. The van der Waals surface area contributed by atoms with Crippen LogP contribution in [0.15, 0.2) is 72.3 Å². The normalized spacial score (nSPS) is 11.0. The van der Waals surface area contributed by atoms with Crippen LogP contribution in [0.5, 0.6) is 11.5 Å². The van der Waals surface area contributed by atoms with Gasteiger partial charge in [0, 0.05) is 10.1 Å². The summed E-state index contributed by atoms with van der Waals surface area (Å²) in [5.74, 6) is 0.457. The first-order chi connectivity index (χ1) is 17.0. The molecule has 0 aliphatic rings. The fraction of sp³-hybridized carbons (Fsp3) is 0.214. The van der Waals surface area contributed by atoms with E-state index in [2.05, 4.69) is 40.0 Å². The summed E-state index contributed by atoms with van der Waals surface area (Å²) in [5, 5.41) is 12.7. The number of benzene rings is 3. The maximum absolute atomic E-state index is 12.5. The zero-order chi connectivity index (χ0) is 25.0. The second-order valence-electron chi connectivity index (χ2n) is 7.69. The molecule has 0 aromatic heterocycles. The first-order valence-corrected chi connectivity index (χ1v) is 12.7. The smallest absolute Gasteiger partial charge is 0.261 e. The lowest BCUT2D eigenvalue weighted by Crippen LogP contribution is -2.25. The molecule has 5 nitrogen and oxygen atoms in total. The molecule has 0 aliphatic heterocycles. The van der Waals surface area contributed by atoms with Crippen molar-refractivity contribution in [3.63, 3.8) is 0 Å². The zero-order valence-electron chi connectivity index (χ0n) is 19.4. The van der Waals surface area contributed by atoms with Crippen LogP contribution in [0.1, 0.15) is 30.0 Å². The lowest BCUT2D eigenvalue weighted by Gasteiger charge is -2.15. The molecule has 7 heteroatoms. The molecular weight excluding hydrogens is 575 g/mol. The summed E-state index contributed by atoms with van der Waals surface area (Å²) in [6.07, 6.45) is 3.13. The molecule has 0 fully saturated rings. The maximum atomic E-state index is 12.5. The van der Waals surface area contributed by atoms with E-state index < -0.39 is 5.91 Å². The van der Waals surface area contributed by atoms with Crippen LogP contribution in [0.2, 0.25) is 5.02 Å². The molecule has 0 atom stereocenters. The fourth-order valence-electron chi connectivity index (χ4n) is 3.36. The molecule has 1 amide bonds. The van der Waals surface area contributed by atoms with Crippen LogP contribution in [0.25, 0.3) is 6.08 Å². The van der Waals surface area contributed by atoms with Gasteiger partial charge in [-0.1, -0.05) is 54.1 Å². The summed E-state index contributed by atoms with van der Waals surface area (Å²) >= 11 is 8.76. The fourth-order valence-corrected chi connectivity index (χ4v) is 3.99. The van der Waals surface area contributed by atoms with E-state index in [9.17, 15) is 10.1 Å². The Labute approximate surface area is 224 Å². The number of rotatable bonds is 11. The number of nitrogens with zero attached hydrogens (tertiary/aromatic N) is 1. The Hall–Kier alpha value is -3.02. The number of nitrogens with one attached hydrogen (secondary N) is 1. The lowest BCUT2D eigenvalue weighted by atomic mass is 10.1. The van der Waals surface area contributed by atoms with Gasteiger partial charge in [-0.15, -0.1) is 0 Å². The van der Waals surface area contributed by atoms with E-state index in [-0.39, 0.29) is 5.57 Å². The molecule has 0 spiro atoms. The predicted octanol–water partition coefficient (Wildman–Crippen LogP) is 6.58. The number of carbonyl (C=O) groups is 1. The molecule has 3 aromatic rings. The number of hydrogen-bond acceptors (Lipinski definition) is 4. The molecule has 0 aliphatic carbocycles. The van der Waals surface area contributed by atoms with Gasteiger partial charge >= 0.3 is 0 Å². The highest BCUT2D eigenvalue weighted by Crippen LogP contribution is 2.38. The topological polar surface area (TPSA) is 71.3 Å². The number of carbonyl (C=O) groups excluding carboxylic acids is 1. The van der Waals surface area contributed by atoms with E-state index >= 15 is 0 Å². The van der Waals surface area contributed by atoms with E-state index in [1.807, 2.05) is 55.5 Å². The van der Waals surface area contributed by atoms with Gasteiger partial charge in [-0.05, 0) is 89.4 Å². The van der Waals surface area contributed by atoms with Gasteiger partial charge in [0.25, 0.3) is 5.91 Å². The monoisotopic (exact) mass is 600 g/mol. The van der Waals surface area contributed by atoms with E-state index in [4.69, 9.17) is 21.1 Å². The highest BCUT2D eigenvalue weighted by atomic mass is 127. The highest BCUT2D eigenvalue weighted by molar-refractivity contribution is 14.1. The number of halogens is 2. The van der Waals surface area contributed by atoms with Crippen molar-refractivity contribution >= 4 is 46.2 Å². The Morgan fingerprint density at radius 1 is 1.09 bits per heavy atom. The summed E-state index contributed by atoms with van der Waals surface area (Å²) in [7, 11) is 0. The summed E-state index contributed by atoms with van der Waals surface area (Å²) in [4.78, 5) is 12.5. The van der Waals surface area contributed by atoms with Gasteiger partial charge in [0.15, 0.2) is 11.5 Å². The molecule has 0 radical (unpaired) electrons. The summed E-state index contributed by atoms with van der Waals surface area (Å²) in [6, 6.07) is 23.4. The van der Waals surface area contributed by atoms with Gasteiger partial charge < -0.3 is 14.8 Å². The minimum absolute atomic E-state index is 0.00390. The van der Waals surface area contributed by atoms with Gasteiger partial charge in [-0.3, -0.25) is 4.79 Å². The molecule has 3 aromatic carbocycles. The Balaban J connectivity index is 1.68. The van der Waals surface area contributed by atoms with Crippen molar-refractivity contribution in [2.75, 3.05) is 13.2 Å². The quantitative estimate of drug-likeness (QED) is 0.117. The molecule has 35 heavy (non-hydrogen) atoms. The van der Waals surface area contributed by atoms with Crippen molar-refractivity contribution in [2.24, 2.45) is 0 Å². The van der Waals surface area contributed by atoms with Crippen molar-refractivity contribution in [3.05, 3.63) is 97.6 Å². The second kappa shape index (κ2) is 13.8. The van der Waals surface area contributed by atoms with Crippen LogP contribution in [0, 0.1) is 14.9 Å². The maximum Gasteiger partial charge on any atom is 0.261 e. The highest BCUT2D eigenvalue weighted by Gasteiger charge is 2.15. The van der Waals surface area contributed by atoms with Crippen molar-refractivity contribution in [1.29, 1.82) is 5.26 Å². The van der Waals surface area contributed by atoms with E-state index in [1.165, 1.54) is 11.6 Å². The number of nitriles is 1. The van der Waals surface area contributed by atoms with Crippen LogP contribution in [0.3, 0.4) is 0 Å². The SMILES string of the molecule is CCOc1cc(/C=C(/C#N)C(=O)NCCCc2ccccc2)cc(Cl)c1OCc1ccc(I)cc1. The van der Waals surface area contributed by atoms with E-state index in [0.29, 0.717) is 41.8 Å². The van der Waals surface area contributed by atoms with Crippen molar-refractivity contribution in [2.45, 2.75) is 26.4 Å². The zero-order valence-corrected chi connectivity index (χ0v) is 22.3. The van der Waals surface area contributed by atoms with E-state index in [1.54, 1.807) is 12.1 Å². The van der Waals surface area contributed by atoms with E-state index in [0.717, 1.165) is 22.0 Å². The molecule has 0 unspecified atom stereocenters. The molecule has 0 bridgehead atoms. The van der Waals surface area contributed by atoms with Crippen LogP contribution in [0.4, 0.5) is 0 Å². The molecular formula is C28H26ClIN2O3. The molecule has 1 N–H and O–H groups in total. The Bertz CT molecular complexity index is 1210. The average molecular weight is 601 g/mol. The van der Waals surface area contributed by atoms with Crippen LogP contribution in [-0.4, -0.2) is 19.1 Å². The standard InChI is InChI=1S/C28H26ClIN2O3/c1-2-34-26-17-22(16-25(29)27(26)35-19-21-10-12-24(30)13-11-21)15-23(18-31)28(33)32-14-6-9-20-7-4-3-5-8-20/h3-5,7-8,10-13,15-17H,2,6,9,14,19H2,1H3,(H,32,33)/b23-15-. The number of aryl methyl sites for hydroxylation is 1. The number of ether oxygens (including phenoxy) is 2. The molecule has 0 heterocycles. The van der Waals surface area contributed by atoms with Crippen molar-refractivity contribution in [3.8, 4) is 17.6 Å². The molecule has 0 saturated heterocycles. The third-order valence-corrected chi connectivity index (χ3v) is 6.07. The summed E-state index contributed by atoms with van der Waals surface area (Å²) in [6.45, 7) is 3.09. The Morgan fingerprint density at radius 3 is 2.51 bits per heavy atom. The molecule has 3 rings (SSSR count). The van der Waals surface area contributed by atoms with Crippen molar-refractivity contribution in [1.82, 2.24) is 5.32 Å². The minimum atomic E-state index is -0.423. The predicted molar refractivity (Wildman–Crippen MR) is 147 cm³/mol. The van der Waals surface area contributed by atoms with Gasteiger partial charge in [-0.2, -0.15) is 5.26 Å². The summed E-state index contributed by atoms with van der Waals surface area (Å²) < 4.78 is 12.8. The molecule has 180 valence electrons. The first-order valence-electron chi connectivity index (χ1n) is 11.3. The van der Waals surface area contributed by atoms with Gasteiger partial charge in [0.2, 0.25) is 0 Å². The Kier molecular flexibility index (Phi) is 10.5. The van der Waals surface area contributed by atoms with Crippen LogP contribution >= 0.6 is 34.2 Å². The minimum Gasteiger partial charge on any atom is -0.490 e. The number of hydrogen-bond donors (Lipinski definition) is 1. The average Bonchev–Trinajstić information content (AvgIpc) is 2.86. The number of amides is 1. The van der Waals surface area contributed by atoms with Crippen LogP contribution < -0.4 is 14.8 Å². The van der Waals surface area contributed by atoms with Crippen LogP contribution in [-0.2, 0) is 17.8 Å². The molecule has 0 saturated carbocycles. The van der Waals surface area contributed by atoms with Crippen molar-refractivity contribution < 1.29 is 14.3 Å². The first kappa shape index (κ1) is 26.6. The Morgan fingerprint density at radius 2 is 1.83 bits per heavy atom. The van der Waals surface area contributed by atoms with Gasteiger partial charge in [0.1, 0.15) is 18.2 Å². The van der Waals surface area contributed by atoms with Gasteiger partial charge in [0.05, 0.1) is 11.6 Å². The third-order valence-electron chi connectivity index (χ3n) is 5.07. The van der Waals surface area contributed by atoms with Gasteiger partial charge in [-0.25, -0.2) is 0 Å².